The normalized spacial score (nSPS) is 11.2. The molecule has 6 nitrogen and oxygen atoms in total. The average Bonchev–Trinajstić information content (AvgIpc) is 2.62. The zero-order valence-electron chi connectivity index (χ0n) is 14.3. The van der Waals surface area contributed by atoms with E-state index in [0.29, 0.717) is 22.9 Å². The summed E-state index contributed by atoms with van der Waals surface area (Å²) in [5.41, 5.74) is 0.692. The Labute approximate surface area is 158 Å². The van der Waals surface area contributed by atoms with Gasteiger partial charge in [-0.05, 0) is 37.3 Å². The van der Waals surface area contributed by atoms with Gasteiger partial charge in [-0.25, -0.2) is 13.1 Å². The zero-order valence-corrected chi connectivity index (χ0v) is 15.8. The molecule has 0 heterocycles. The molecule has 0 saturated carbocycles. The summed E-state index contributed by atoms with van der Waals surface area (Å²) >= 11 is 5.98. The third-order valence-electron chi connectivity index (χ3n) is 3.41. The Morgan fingerprint density at radius 3 is 2.46 bits per heavy atom. The summed E-state index contributed by atoms with van der Waals surface area (Å²) in [5, 5.41) is 0.511. The monoisotopic (exact) mass is 397 g/mol. The van der Waals surface area contributed by atoms with E-state index in [1.54, 1.807) is 36.4 Å². The second-order valence-corrected chi connectivity index (χ2v) is 7.48. The lowest BCUT2D eigenvalue weighted by molar-refractivity contribution is -0.144. The minimum atomic E-state index is -3.70. The number of halogens is 1. The summed E-state index contributed by atoms with van der Waals surface area (Å²) in [6.45, 7) is 2.33. The molecule has 0 bridgehead atoms. The molecule has 0 saturated heterocycles. The largest absolute Gasteiger partial charge is 0.494 e. The summed E-state index contributed by atoms with van der Waals surface area (Å²) in [5.74, 6) is 0.0777. The number of esters is 1. The van der Waals surface area contributed by atoms with E-state index < -0.39 is 16.0 Å². The number of hydrogen-bond acceptors (Lipinski definition) is 5. The first-order chi connectivity index (χ1) is 12.4. The van der Waals surface area contributed by atoms with E-state index in [2.05, 4.69) is 4.72 Å². The van der Waals surface area contributed by atoms with Gasteiger partial charge in [-0.15, -0.1) is 0 Å². The van der Waals surface area contributed by atoms with Crippen molar-refractivity contribution in [1.29, 1.82) is 0 Å². The summed E-state index contributed by atoms with van der Waals surface area (Å²) in [7, 11) is -3.70. The second kappa shape index (κ2) is 9.56. The van der Waals surface area contributed by atoms with Crippen molar-refractivity contribution in [2.45, 2.75) is 24.8 Å². The maximum atomic E-state index is 12.2. The van der Waals surface area contributed by atoms with Gasteiger partial charge in [0.1, 0.15) is 12.4 Å². The summed E-state index contributed by atoms with van der Waals surface area (Å²) in [6, 6.07) is 13.1. The number of ether oxygens (including phenoxy) is 2. The Morgan fingerprint density at radius 1 is 1.12 bits per heavy atom. The van der Waals surface area contributed by atoms with Gasteiger partial charge in [0.15, 0.2) is 0 Å². The Kier molecular flexibility index (Phi) is 7.44. The van der Waals surface area contributed by atoms with Crippen LogP contribution in [0.5, 0.6) is 5.75 Å². The molecule has 2 rings (SSSR count). The fourth-order valence-corrected chi connectivity index (χ4v) is 3.32. The zero-order chi connectivity index (χ0) is 19.0. The fraction of sp³-hybridized carbons (Fsp3) is 0.278. The molecule has 26 heavy (non-hydrogen) atoms. The maximum Gasteiger partial charge on any atom is 0.307 e. The highest BCUT2D eigenvalue weighted by molar-refractivity contribution is 7.89. The highest BCUT2D eigenvalue weighted by Gasteiger charge is 2.15. The standard InChI is InChI=1S/C18H20ClNO5S/c1-2-24-15-7-9-16(10-8-15)26(22,23)20-12-11-18(21)25-13-14-5-3-4-6-17(14)19/h3-10,20H,2,11-13H2,1H3. The molecule has 0 atom stereocenters. The van der Waals surface area contributed by atoms with Crippen LogP contribution in [0.3, 0.4) is 0 Å². The predicted molar refractivity (Wildman–Crippen MR) is 98.7 cm³/mol. The van der Waals surface area contributed by atoms with Gasteiger partial charge >= 0.3 is 5.97 Å². The number of benzene rings is 2. The molecule has 0 aliphatic heterocycles. The van der Waals surface area contributed by atoms with Gasteiger partial charge in [-0.1, -0.05) is 29.8 Å². The van der Waals surface area contributed by atoms with Crippen molar-refractivity contribution in [3.05, 3.63) is 59.1 Å². The topological polar surface area (TPSA) is 81.7 Å². The average molecular weight is 398 g/mol. The Bertz CT molecular complexity index is 837. The van der Waals surface area contributed by atoms with Crippen molar-refractivity contribution in [2.75, 3.05) is 13.2 Å². The summed E-state index contributed by atoms with van der Waals surface area (Å²) in [6.07, 6.45) is -0.0826. The van der Waals surface area contributed by atoms with Crippen LogP contribution in [0.2, 0.25) is 5.02 Å². The highest BCUT2D eigenvalue weighted by Crippen LogP contribution is 2.17. The number of hydrogen-bond donors (Lipinski definition) is 1. The minimum Gasteiger partial charge on any atom is -0.494 e. The first kappa shape index (κ1) is 20.2. The number of carbonyl (C=O) groups is 1. The van der Waals surface area contributed by atoms with Crippen molar-refractivity contribution in [3.8, 4) is 5.75 Å². The van der Waals surface area contributed by atoms with Crippen molar-refractivity contribution in [1.82, 2.24) is 4.72 Å². The maximum absolute atomic E-state index is 12.2. The lowest BCUT2D eigenvalue weighted by Gasteiger charge is -2.09. The molecule has 2 aromatic rings. The minimum absolute atomic E-state index is 0.0458. The van der Waals surface area contributed by atoms with Crippen molar-refractivity contribution in [3.63, 3.8) is 0 Å². The third kappa shape index (κ3) is 6.01. The van der Waals surface area contributed by atoms with E-state index in [0.717, 1.165) is 0 Å². The smallest absolute Gasteiger partial charge is 0.307 e. The van der Waals surface area contributed by atoms with Crippen LogP contribution in [0.25, 0.3) is 0 Å². The molecule has 0 unspecified atom stereocenters. The molecule has 8 heteroatoms. The number of sulfonamides is 1. The second-order valence-electron chi connectivity index (χ2n) is 5.30. The van der Waals surface area contributed by atoms with Gasteiger partial charge in [0, 0.05) is 17.1 Å². The van der Waals surface area contributed by atoms with Crippen LogP contribution in [0, 0.1) is 0 Å². The lowest BCUT2D eigenvalue weighted by atomic mass is 10.2. The van der Waals surface area contributed by atoms with Gasteiger partial charge < -0.3 is 9.47 Å². The molecular weight excluding hydrogens is 378 g/mol. The molecule has 0 amide bonds. The van der Waals surface area contributed by atoms with Crippen molar-refractivity contribution >= 4 is 27.6 Å². The first-order valence-corrected chi connectivity index (χ1v) is 9.90. The quantitative estimate of drug-likeness (QED) is 0.657. The Morgan fingerprint density at radius 2 is 1.81 bits per heavy atom. The van der Waals surface area contributed by atoms with E-state index >= 15 is 0 Å². The van der Waals surface area contributed by atoms with Crippen LogP contribution in [0.15, 0.2) is 53.4 Å². The SMILES string of the molecule is CCOc1ccc(S(=O)(=O)NCCC(=O)OCc2ccccc2Cl)cc1. The first-order valence-electron chi connectivity index (χ1n) is 8.04. The molecule has 0 aliphatic carbocycles. The number of nitrogens with one attached hydrogen (secondary N) is 1. The van der Waals surface area contributed by atoms with Crippen LogP contribution in [0.4, 0.5) is 0 Å². The predicted octanol–water partition coefficient (Wildman–Crippen LogP) is 3.15. The summed E-state index contributed by atoms with van der Waals surface area (Å²) < 4.78 is 37.1. The van der Waals surface area contributed by atoms with E-state index in [9.17, 15) is 13.2 Å². The number of carbonyl (C=O) groups excluding carboxylic acids is 1. The van der Waals surface area contributed by atoms with Crippen molar-refractivity contribution in [2.24, 2.45) is 0 Å². The van der Waals surface area contributed by atoms with E-state index in [1.165, 1.54) is 12.1 Å². The third-order valence-corrected chi connectivity index (χ3v) is 5.26. The molecule has 140 valence electrons. The molecule has 0 fully saturated rings. The van der Waals surface area contributed by atoms with Gasteiger partial charge in [0.2, 0.25) is 10.0 Å². The number of rotatable bonds is 9. The van der Waals surface area contributed by atoms with E-state index in [-0.39, 0.29) is 24.5 Å². The molecule has 0 aromatic heterocycles. The Balaban J connectivity index is 1.80. The van der Waals surface area contributed by atoms with E-state index in [1.807, 2.05) is 6.92 Å². The van der Waals surface area contributed by atoms with Crippen LogP contribution in [0.1, 0.15) is 18.9 Å². The molecule has 2 aromatic carbocycles. The van der Waals surface area contributed by atoms with Crippen LogP contribution in [-0.4, -0.2) is 27.5 Å². The lowest BCUT2D eigenvalue weighted by Crippen LogP contribution is -2.26. The van der Waals surface area contributed by atoms with E-state index in [4.69, 9.17) is 21.1 Å². The molecule has 0 radical (unpaired) electrons. The van der Waals surface area contributed by atoms with Gasteiger partial charge in [0.05, 0.1) is 17.9 Å². The Hall–Kier alpha value is -2.09. The van der Waals surface area contributed by atoms with Gasteiger partial charge in [-0.2, -0.15) is 0 Å². The highest BCUT2D eigenvalue weighted by atomic mass is 35.5. The van der Waals surface area contributed by atoms with Gasteiger partial charge in [-0.3, -0.25) is 4.79 Å². The van der Waals surface area contributed by atoms with Crippen LogP contribution >= 0.6 is 11.6 Å². The summed E-state index contributed by atoms with van der Waals surface area (Å²) in [4.78, 5) is 11.9. The van der Waals surface area contributed by atoms with Crippen LogP contribution in [-0.2, 0) is 26.2 Å². The molecule has 0 aliphatic rings. The molecule has 1 N–H and O–H groups in total. The fourth-order valence-electron chi connectivity index (χ4n) is 2.10. The van der Waals surface area contributed by atoms with Crippen molar-refractivity contribution < 1.29 is 22.7 Å². The van der Waals surface area contributed by atoms with Crippen LogP contribution < -0.4 is 9.46 Å². The molecule has 0 spiro atoms. The van der Waals surface area contributed by atoms with Gasteiger partial charge in [0.25, 0.3) is 0 Å². The molecular formula is C18H20ClNO5S.